The summed E-state index contributed by atoms with van der Waals surface area (Å²) in [6, 6.07) is 4.81. The number of hydrogen-bond donors (Lipinski definition) is 1. The monoisotopic (exact) mass is 421 g/mol. The molecule has 0 bridgehead atoms. The molecule has 0 aliphatic rings. The van der Waals surface area contributed by atoms with Crippen molar-refractivity contribution in [1.29, 1.82) is 0 Å². The second-order valence-electron chi connectivity index (χ2n) is 6.60. The molecule has 8 nitrogen and oxygen atoms in total. The predicted molar refractivity (Wildman–Crippen MR) is 100 cm³/mol. The van der Waals surface area contributed by atoms with Crippen LogP contribution in [0.5, 0.6) is 0 Å². The number of benzene rings is 1. The molecule has 0 atom stereocenters. The normalized spacial score (nSPS) is 11.6. The molecule has 2 heterocycles. The van der Waals surface area contributed by atoms with Crippen molar-refractivity contribution in [2.45, 2.75) is 33.4 Å². The SMILES string of the molecule is COC(=O)c1cccc(NC(=O)Cc2c(C)nc3nc(C(F)(F)F)nn3c2C)c1C. The third kappa shape index (κ3) is 3.95. The number of methoxy groups -OCH3 is 1. The minimum atomic E-state index is -4.70. The molecule has 3 aromatic rings. The number of ether oxygens (including phenoxy) is 1. The fraction of sp³-hybridized carbons (Fsp3) is 0.316. The van der Waals surface area contributed by atoms with E-state index in [1.807, 2.05) is 0 Å². The molecule has 1 N–H and O–H groups in total. The van der Waals surface area contributed by atoms with Gasteiger partial charge in [-0.05, 0) is 38.5 Å². The molecule has 0 fully saturated rings. The van der Waals surface area contributed by atoms with Gasteiger partial charge in [0.2, 0.25) is 5.91 Å². The van der Waals surface area contributed by atoms with Gasteiger partial charge in [0, 0.05) is 22.6 Å². The van der Waals surface area contributed by atoms with Gasteiger partial charge in [-0.3, -0.25) is 4.79 Å². The van der Waals surface area contributed by atoms with Crippen LogP contribution in [0.2, 0.25) is 0 Å². The fourth-order valence-electron chi connectivity index (χ4n) is 3.04. The van der Waals surface area contributed by atoms with Gasteiger partial charge in [-0.2, -0.15) is 18.2 Å². The maximum absolute atomic E-state index is 12.9. The van der Waals surface area contributed by atoms with Gasteiger partial charge in [-0.15, -0.1) is 5.10 Å². The quantitative estimate of drug-likeness (QED) is 0.651. The third-order valence-corrected chi connectivity index (χ3v) is 4.65. The lowest BCUT2D eigenvalue weighted by atomic mass is 10.1. The van der Waals surface area contributed by atoms with E-state index >= 15 is 0 Å². The first-order valence-electron chi connectivity index (χ1n) is 8.80. The molecule has 0 saturated carbocycles. The van der Waals surface area contributed by atoms with Crippen LogP contribution in [0.4, 0.5) is 18.9 Å². The van der Waals surface area contributed by atoms with Gasteiger partial charge >= 0.3 is 12.1 Å². The van der Waals surface area contributed by atoms with Crippen molar-refractivity contribution in [3.8, 4) is 0 Å². The highest BCUT2D eigenvalue weighted by Crippen LogP contribution is 2.27. The molecule has 3 rings (SSSR count). The van der Waals surface area contributed by atoms with Gasteiger partial charge in [0.15, 0.2) is 0 Å². The van der Waals surface area contributed by atoms with Crippen LogP contribution in [-0.4, -0.2) is 38.6 Å². The third-order valence-electron chi connectivity index (χ3n) is 4.65. The van der Waals surface area contributed by atoms with Crippen LogP contribution < -0.4 is 5.32 Å². The minimum Gasteiger partial charge on any atom is -0.465 e. The summed E-state index contributed by atoms with van der Waals surface area (Å²) in [5.74, 6) is -2.45. The Morgan fingerprint density at radius 2 is 1.87 bits per heavy atom. The Morgan fingerprint density at radius 3 is 2.50 bits per heavy atom. The molecule has 11 heteroatoms. The number of esters is 1. The van der Waals surface area contributed by atoms with E-state index in [0.717, 1.165) is 4.52 Å². The zero-order valence-corrected chi connectivity index (χ0v) is 16.6. The zero-order valence-electron chi connectivity index (χ0n) is 16.6. The van der Waals surface area contributed by atoms with E-state index < -0.39 is 23.9 Å². The van der Waals surface area contributed by atoms with Crippen molar-refractivity contribution >= 4 is 23.3 Å². The molecule has 0 spiro atoms. The number of aryl methyl sites for hydroxylation is 2. The smallest absolute Gasteiger partial charge is 0.453 e. The number of amides is 1. The van der Waals surface area contributed by atoms with Gasteiger partial charge in [-0.1, -0.05) is 6.07 Å². The summed E-state index contributed by atoms with van der Waals surface area (Å²) in [4.78, 5) is 31.9. The van der Waals surface area contributed by atoms with Gasteiger partial charge in [-0.25, -0.2) is 14.3 Å². The number of anilines is 1. The molecule has 158 valence electrons. The highest BCUT2D eigenvalue weighted by atomic mass is 19.4. The van der Waals surface area contributed by atoms with Crippen molar-refractivity contribution in [2.24, 2.45) is 0 Å². The number of rotatable bonds is 4. The van der Waals surface area contributed by atoms with E-state index in [9.17, 15) is 22.8 Å². The Hall–Kier alpha value is -3.50. The van der Waals surface area contributed by atoms with E-state index in [1.165, 1.54) is 7.11 Å². The van der Waals surface area contributed by atoms with Gasteiger partial charge in [0.05, 0.1) is 19.1 Å². The summed E-state index contributed by atoms with van der Waals surface area (Å²) >= 11 is 0. The predicted octanol–water partition coefficient (Wildman–Crippen LogP) is 3.04. The fourth-order valence-corrected chi connectivity index (χ4v) is 3.04. The molecule has 1 aromatic carbocycles. The van der Waals surface area contributed by atoms with E-state index in [4.69, 9.17) is 4.74 Å². The van der Waals surface area contributed by atoms with Gasteiger partial charge in [0.25, 0.3) is 11.6 Å². The van der Waals surface area contributed by atoms with Crippen LogP contribution in [-0.2, 0) is 22.1 Å². The van der Waals surface area contributed by atoms with E-state index in [1.54, 1.807) is 39.0 Å². The molecule has 0 aliphatic carbocycles. The number of carbonyl (C=O) groups is 2. The van der Waals surface area contributed by atoms with Crippen molar-refractivity contribution in [3.05, 3.63) is 52.1 Å². The highest BCUT2D eigenvalue weighted by Gasteiger charge is 2.37. The van der Waals surface area contributed by atoms with E-state index in [0.29, 0.717) is 33.8 Å². The average molecular weight is 421 g/mol. The molecule has 0 saturated heterocycles. The molecule has 2 aromatic heterocycles. The maximum atomic E-state index is 12.9. The molecule has 0 aliphatic heterocycles. The number of aromatic nitrogens is 4. The lowest BCUT2D eigenvalue weighted by molar-refractivity contribution is -0.144. The Labute approximate surface area is 169 Å². The Morgan fingerprint density at radius 1 is 1.17 bits per heavy atom. The molecular formula is C19H18F3N5O3. The first-order valence-corrected chi connectivity index (χ1v) is 8.80. The second-order valence-corrected chi connectivity index (χ2v) is 6.60. The summed E-state index contributed by atoms with van der Waals surface area (Å²) < 4.78 is 44.4. The van der Waals surface area contributed by atoms with Crippen LogP contribution in [0, 0.1) is 20.8 Å². The molecule has 0 radical (unpaired) electrons. The number of nitrogens with one attached hydrogen (secondary N) is 1. The van der Waals surface area contributed by atoms with Crippen molar-refractivity contribution in [2.75, 3.05) is 12.4 Å². The lowest BCUT2D eigenvalue weighted by Crippen LogP contribution is -2.19. The largest absolute Gasteiger partial charge is 0.465 e. The zero-order chi connectivity index (χ0) is 22.2. The van der Waals surface area contributed by atoms with Crippen LogP contribution in [0.15, 0.2) is 18.2 Å². The molecular weight excluding hydrogens is 403 g/mol. The highest BCUT2D eigenvalue weighted by molar-refractivity contribution is 5.97. The van der Waals surface area contributed by atoms with Crippen LogP contribution >= 0.6 is 0 Å². The Bertz CT molecular complexity index is 1150. The van der Waals surface area contributed by atoms with E-state index in [2.05, 4.69) is 20.4 Å². The standard InChI is InChI=1S/C19H18F3N5O3/c1-9-12(16(29)30-4)6-5-7-14(9)24-15(28)8-13-10(2)23-18-25-17(19(20,21)22)26-27(18)11(13)3/h5-7H,8H2,1-4H3,(H,24,28). The molecule has 1 amide bonds. The maximum Gasteiger partial charge on any atom is 0.453 e. The van der Waals surface area contributed by atoms with Gasteiger partial charge < -0.3 is 10.1 Å². The Balaban J connectivity index is 1.90. The number of nitrogens with zero attached hydrogens (tertiary/aromatic N) is 4. The van der Waals surface area contributed by atoms with Crippen molar-refractivity contribution in [3.63, 3.8) is 0 Å². The Kier molecular flexibility index (Phi) is 5.47. The first-order chi connectivity index (χ1) is 14.0. The number of fused-ring (bicyclic) bond motifs is 1. The van der Waals surface area contributed by atoms with Crippen molar-refractivity contribution < 1.29 is 27.5 Å². The summed E-state index contributed by atoms with van der Waals surface area (Å²) in [6.07, 6.45) is -4.85. The van der Waals surface area contributed by atoms with Crippen molar-refractivity contribution in [1.82, 2.24) is 19.6 Å². The van der Waals surface area contributed by atoms with Crippen LogP contribution in [0.3, 0.4) is 0 Å². The van der Waals surface area contributed by atoms with Gasteiger partial charge in [0.1, 0.15) is 0 Å². The molecule has 0 unspecified atom stereocenters. The van der Waals surface area contributed by atoms with Crippen LogP contribution in [0.1, 0.15) is 38.7 Å². The van der Waals surface area contributed by atoms with E-state index in [-0.39, 0.29) is 12.2 Å². The summed E-state index contributed by atoms with van der Waals surface area (Å²) in [5.41, 5.74) is 2.40. The second kappa shape index (κ2) is 7.73. The number of carbonyl (C=O) groups excluding carboxylic acids is 2. The number of hydrogen-bond acceptors (Lipinski definition) is 6. The summed E-state index contributed by atoms with van der Waals surface area (Å²) in [5, 5.41) is 6.18. The summed E-state index contributed by atoms with van der Waals surface area (Å²) in [7, 11) is 1.26. The average Bonchev–Trinajstić information content (AvgIpc) is 3.11. The number of alkyl halides is 3. The summed E-state index contributed by atoms with van der Waals surface area (Å²) in [6.45, 7) is 4.79. The minimum absolute atomic E-state index is 0.149. The van der Waals surface area contributed by atoms with Crippen LogP contribution in [0.25, 0.3) is 5.78 Å². The number of halogens is 3. The topological polar surface area (TPSA) is 98.5 Å². The first kappa shape index (κ1) is 21.2. The molecule has 30 heavy (non-hydrogen) atoms. The lowest BCUT2D eigenvalue weighted by Gasteiger charge is -2.13.